The molecule has 0 unspecified atom stereocenters. The number of hydrogen-bond donors (Lipinski definition) is 2. The molecule has 2 rings (SSSR count). The number of amides is 1. The number of hydrogen-bond acceptors (Lipinski definition) is 4. The van der Waals surface area contributed by atoms with E-state index < -0.39 is 23.8 Å². The summed E-state index contributed by atoms with van der Waals surface area (Å²) >= 11 is 0. The first kappa shape index (κ1) is 26.0. The fourth-order valence-corrected chi connectivity index (χ4v) is 3.72. The van der Waals surface area contributed by atoms with E-state index in [2.05, 4.69) is 5.32 Å². The van der Waals surface area contributed by atoms with Gasteiger partial charge in [0.1, 0.15) is 0 Å². The molecule has 0 aliphatic rings. The fourth-order valence-electron chi connectivity index (χ4n) is 3.72. The Hall–Kier alpha value is -3.28. The molecule has 0 radical (unpaired) electrons. The maximum atomic E-state index is 13.1. The lowest BCUT2D eigenvalue weighted by molar-refractivity contribution is -0.144. The van der Waals surface area contributed by atoms with Crippen molar-refractivity contribution in [1.82, 2.24) is 5.32 Å². The standard InChI is InChI=1S/C27H33NO5/c1-3-4-13-22(27(32)33)17-24(29)19(2)28-26(31)23(16-20-11-7-5-8-12-20)18-25(30)21-14-9-6-10-15-21/h5-12,14-15,19,22-23H,3-4,13,16-18H2,1-2H3,(H,28,31)(H,32,33)/t19-,22+,23+/m0/s1. The lowest BCUT2D eigenvalue weighted by atomic mass is 9.90. The number of carboxylic acid groups (broad SMARTS) is 1. The van der Waals surface area contributed by atoms with Crippen LogP contribution in [0.25, 0.3) is 0 Å². The lowest BCUT2D eigenvalue weighted by Gasteiger charge is -2.21. The minimum absolute atomic E-state index is 0.0138. The molecule has 0 spiro atoms. The van der Waals surface area contributed by atoms with Gasteiger partial charge in [0.25, 0.3) is 0 Å². The number of Topliss-reactive ketones (excluding diaryl/α,β-unsaturated/α-hetero) is 2. The largest absolute Gasteiger partial charge is 0.481 e. The molecule has 176 valence electrons. The Balaban J connectivity index is 2.08. The monoisotopic (exact) mass is 451 g/mol. The number of benzene rings is 2. The van der Waals surface area contributed by atoms with Crippen LogP contribution in [-0.2, 0) is 20.8 Å². The SMILES string of the molecule is CCCC[C@H](CC(=O)[C@H](C)NC(=O)[C@@H](CC(=O)c1ccccc1)Cc1ccccc1)C(=O)O. The molecule has 33 heavy (non-hydrogen) atoms. The Labute approximate surface area is 195 Å². The molecule has 0 bridgehead atoms. The number of ketones is 2. The molecular formula is C27H33NO5. The second-order valence-electron chi connectivity index (χ2n) is 8.46. The summed E-state index contributed by atoms with van der Waals surface area (Å²) in [5.74, 6) is -3.24. The smallest absolute Gasteiger partial charge is 0.306 e. The van der Waals surface area contributed by atoms with Crippen molar-refractivity contribution in [2.45, 2.75) is 58.4 Å². The average molecular weight is 452 g/mol. The summed E-state index contributed by atoms with van der Waals surface area (Å²) in [5.41, 5.74) is 1.45. The van der Waals surface area contributed by atoms with Crippen molar-refractivity contribution in [2.24, 2.45) is 11.8 Å². The Morgan fingerprint density at radius 1 is 0.879 bits per heavy atom. The van der Waals surface area contributed by atoms with Crippen LogP contribution in [0.3, 0.4) is 0 Å². The van der Waals surface area contributed by atoms with Gasteiger partial charge in [-0.1, -0.05) is 80.4 Å². The van der Waals surface area contributed by atoms with E-state index in [1.807, 2.05) is 43.3 Å². The van der Waals surface area contributed by atoms with Gasteiger partial charge in [-0.15, -0.1) is 0 Å². The second kappa shape index (κ2) is 13.3. The number of rotatable bonds is 14. The Kier molecular flexibility index (Phi) is 10.5. The summed E-state index contributed by atoms with van der Waals surface area (Å²) in [6.07, 6.45) is 2.26. The minimum atomic E-state index is -0.995. The van der Waals surface area contributed by atoms with E-state index in [0.29, 0.717) is 18.4 Å². The quantitative estimate of drug-likeness (QED) is 0.413. The van der Waals surface area contributed by atoms with Gasteiger partial charge >= 0.3 is 5.97 Å². The van der Waals surface area contributed by atoms with Crippen LogP contribution in [0.2, 0.25) is 0 Å². The van der Waals surface area contributed by atoms with Crippen LogP contribution in [0, 0.1) is 11.8 Å². The van der Waals surface area contributed by atoms with Gasteiger partial charge in [0, 0.05) is 24.3 Å². The highest BCUT2D eigenvalue weighted by atomic mass is 16.4. The normalized spacial score (nSPS) is 13.5. The molecule has 2 aromatic carbocycles. The van der Waals surface area contributed by atoms with E-state index in [1.54, 1.807) is 31.2 Å². The number of aliphatic carboxylic acids is 1. The van der Waals surface area contributed by atoms with Crippen LogP contribution in [0.4, 0.5) is 0 Å². The lowest BCUT2D eigenvalue weighted by Crippen LogP contribution is -2.43. The van der Waals surface area contributed by atoms with E-state index >= 15 is 0 Å². The van der Waals surface area contributed by atoms with Crippen molar-refractivity contribution in [2.75, 3.05) is 0 Å². The van der Waals surface area contributed by atoms with Gasteiger partial charge in [-0.25, -0.2) is 0 Å². The average Bonchev–Trinajstić information content (AvgIpc) is 2.82. The van der Waals surface area contributed by atoms with Crippen molar-refractivity contribution in [1.29, 1.82) is 0 Å². The van der Waals surface area contributed by atoms with Crippen LogP contribution in [0.5, 0.6) is 0 Å². The fraction of sp³-hybridized carbons (Fsp3) is 0.407. The van der Waals surface area contributed by atoms with Crippen LogP contribution < -0.4 is 5.32 Å². The third-order valence-electron chi connectivity index (χ3n) is 5.77. The van der Waals surface area contributed by atoms with Gasteiger partial charge in [0.15, 0.2) is 11.6 Å². The van der Waals surface area contributed by atoms with E-state index in [-0.39, 0.29) is 30.3 Å². The molecule has 1 amide bonds. The number of carbonyl (C=O) groups is 4. The highest BCUT2D eigenvalue weighted by Gasteiger charge is 2.28. The van der Waals surface area contributed by atoms with E-state index in [0.717, 1.165) is 18.4 Å². The maximum absolute atomic E-state index is 13.1. The molecular weight excluding hydrogens is 418 g/mol. The van der Waals surface area contributed by atoms with Crippen molar-refractivity contribution in [3.8, 4) is 0 Å². The summed E-state index contributed by atoms with van der Waals surface area (Å²) in [7, 11) is 0. The predicted octanol–water partition coefficient (Wildman–Crippen LogP) is 4.47. The minimum Gasteiger partial charge on any atom is -0.481 e. The zero-order valence-corrected chi connectivity index (χ0v) is 19.3. The van der Waals surface area contributed by atoms with Gasteiger partial charge in [-0.05, 0) is 25.3 Å². The molecule has 0 aliphatic heterocycles. The molecule has 6 nitrogen and oxygen atoms in total. The first-order valence-corrected chi connectivity index (χ1v) is 11.5. The Morgan fingerprint density at radius 2 is 1.48 bits per heavy atom. The van der Waals surface area contributed by atoms with Crippen LogP contribution >= 0.6 is 0 Å². The van der Waals surface area contributed by atoms with Crippen molar-refractivity contribution >= 4 is 23.4 Å². The van der Waals surface area contributed by atoms with E-state index in [1.165, 1.54) is 0 Å². The molecule has 6 heteroatoms. The third-order valence-corrected chi connectivity index (χ3v) is 5.77. The Morgan fingerprint density at radius 3 is 2.06 bits per heavy atom. The summed E-state index contributed by atoms with van der Waals surface area (Å²) in [6.45, 7) is 3.53. The molecule has 0 fully saturated rings. The van der Waals surface area contributed by atoms with Gasteiger partial charge < -0.3 is 10.4 Å². The summed E-state index contributed by atoms with van der Waals surface area (Å²) in [4.78, 5) is 50.0. The third kappa shape index (κ3) is 8.64. The van der Waals surface area contributed by atoms with Gasteiger partial charge in [0.2, 0.25) is 5.91 Å². The molecule has 2 aromatic rings. The number of unbranched alkanes of at least 4 members (excludes halogenated alkanes) is 1. The Bertz CT molecular complexity index is 926. The molecule has 0 aliphatic carbocycles. The number of carbonyl (C=O) groups excluding carboxylic acids is 3. The number of nitrogens with one attached hydrogen (secondary N) is 1. The maximum Gasteiger partial charge on any atom is 0.306 e. The van der Waals surface area contributed by atoms with Crippen LogP contribution in [0.15, 0.2) is 60.7 Å². The zero-order chi connectivity index (χ0) is 24.2. The van der Waals surface area contributed by atoms with E-state index in [9.17, 15) is 24.3 Å². The molecule has 3 atom stereocenters. The molecule has 0 heterocycles. The summed E-state index contributed by atoms with van der Waals surface area (Å²) < 4.78 is 0. The molecule has 0 aromatic heterocycles. The van der Waals surface area contributed by atoms with Gasteiger partial charge in [0.05, 0.1) is 12.0 Å². The van der Waals surface area contributed by atoms with Gasteiger partial charge in [-0.2, -0.15) is 0 Å². The van der Waals surface area contributed by atoms with Crippen molar-refractivity contribution in [3.63, 3.8) is 0 Å². The highest BCUT2D eigenvalue weighted by molar-refractivity contribution is 5.99. The van der Waals surface area contributed by atoms with Crippen LogP contribution in [0.1, 0.15) is 61.9 Å². The first-order valence-electron chi connectivity index (χ1n) is 11.5. The first-order chi connectivity index (χ1) is 15.8. The molecule has 0 saturated heterocycles. The topological polar surface area (TPSA) is 101 Å². The number of carboxylic acids is 1. The zero-order valence-electron chi connectivity index (χ0n) is 19.3. The van der Waals surface area contributed by atoms with Crippen molar-refractivity contribution in [3.05, 3.63) is 71.8 Å². The van der Waals surface area contributed by atoms with Crippen molar-refractivity contribution < 1.29 is 24.3 Å². The molecule has 2 N–H and O–H groups in total. The summed E-state index contributed by atoms with van der Waals surface area (Å²) in [6, 6.07) is 17.4. The molecule has 0 saturated carbocycles. The second-order valence-corrected chi connectivity index (χ2v) is 8.46. The van der Waals surface area contributed by atoms with Gasteiger partial charge in [-0.3, -0.25) is 19.2 Å². The highest BCUT2D eigenvalue weighted by Crippen LogP contribution is 2.18. The van der Waals surface area contributed by atoms with E-state index in [4.69, 9.17) is 0 Å². The predicted molar refractivity (Wildman–Crippen MR) is 127 cm³/mol. The summed E-state index contributed by atoms with van der Waals surface area (Å²) in [5, 5.41) is 12.1. The van der Waals surface area contributed by atoms with Crippen LogP contribution in [-0.4, -0.2) is 34.6 Å².